The number of rotatable bonds is 6. The van der Waals surface area contributed by atoms with Gasteiger partial charge in [0.25, 0.3) is 5.91 Å². The van der Waals surface area contributed by atoms with Gasteiger partial charge < -0.3 is 5.32 Å². The molecule has 2 N–H and O–H groups in total. The summed E-state index contributed by atoms with van der Waals surface area (Å²) >= 11 is 0. The lowest BCUT2D eigenvalue weighted by Gasteiger charge is -2.04. The van der Waals surface area contributed by atoms with Crippen molar-refractivity contribution in [2.75, 3.05) is 0 Å². The van der Waals surface area contributed by atoms with E-state index in [2.05, 4.69) is 27.5 Å². The average molecular weight is 309 g/mol. The van der Waals surface area contributed by atoms with Crippen LogP contribution in [0.2, 0.25) is 0 Å². The highest BCUT2D eigenvalue weighted by Gasteiger charge is 2.07. The van der Waals surface area contributed by atoms with Crippen LogP contribution in [0.4, 0.5) is 0 Å². The summed E-state index contributed by atoms with van der Waals surface area (Å²) in [5.74, 6) is -0.103. The lowest BCUT2D eigenvalue weighted by atomic mass is 10.1. The van der Waals surface area contributed by atoms with Crippen LogP contribution in [-0.4, -0.2) is 25.9 Å². The van der Waals surface area contributed by atoms with Crippen LogP contribution in [0.25, 0.3) is 11.1 Å². The molecule has 0 saturated heterocycles. The van der Waals surface area contributed by atoms with E-state index in [9.17, 15) is 4.79 Å². The molecule has 118 valence electrons. The zero-order valence-electron chi connectivity index (χ0n) is 13.0. The zero-order chi connectivity index (χ0) is 16.1. The summed E-state index contributed by atoms with van der Waals surface area (Å²) in [6.45, 7) is 3.43. The Morgan fingerprint density at radius 3 is 2.74 bits per heavy atom. The molecule has 0 bridgehead atoms. The predicted octanol–water partition coefficient (Wildman–Crippen LogP) is 2.61. The van der Waals surface area contributed by atoms with Gasteiger partial charge in [-0.2, -0.15) is 10.2 Å². The number of nitrogens with zero attached hydrogens (tertiary/aromatic N) is 3. The number of hydrogen-bond acceptors (Lipinski definition) is 3. The standard InChI is InChI=1S/C17H19N5O/c1-2-8-22-9-7-16(21-22)12-18-17(23)14-5-3-13(4-6-14)15-10-19-20-11-15/h3-7,9-11H,2,8,12H2,1H3,(H,18,23)(H,19,20). The van der Waals surface area contributed by atoms with Crippen molar-refractivity contribution in [1.29, 1.82) is 0 Å². The smallest absolute Gasteiger partial charge is 0.251 e. The van der Waals surface area contributed by atoms with E-state index in [0.29, 0.717) is 12.1 Å². The normalized spacial score (nSPS) is 10.7. The first-order chi connectivity index (χ1) is 11.3. The Kier molecular flexibility index (Phi) is 4.52. The van der Waals surface area contributed by atoms with Crippen LogP contribution in [0.5, 0.6) is 0 Å². The Morgan fingerprint density at radius 1 is 1.22 bits per heavy atom. The molecule has 0 aliphatic rings. The molecule has 0 aliphatic carbocycles. The van der Waals surface area contributed by atoms with Crippen molar-refractivity contribution in [3.63, 3.8) is 0 Å². The first-order valence-corrected chi connectivity index (χ1v) is 7.66. The fourth-order valence-electron chi connectivity index (χ4n) is 2.35. The maximum Gasteiger partial charge on any atom is 0.251 e. The van der Waals surface area contributed by atoms with E-state index in [1.165, 1.54) is 0 Å². The summed E-state index contributed by atoms with van der Waals surface area (Å²) in [4.78, 5) is 12.2. The lowest BCUT2D eigenvalue weighted by molar-refractivity contribution is 0.0950. The highest BCUT2D eigenvalue weighted by atomic mass is 16.1. The van der Waals surface area contributed by atoms with Crippen molar-refractivity contribution in [2.45, 2.75) is 26.4 Å². The van der Waals surface area contributed by atoms with Crippen molar-refractivity contribution in [3.05, 3.63) is 60.2 Å². The second-order valence-electron chi connectivity index (χ2n) is 5.32. The van der Waals surface area contributed by atoms with Gasteiger partial charge in [-0.15, -0.1) is 0 Å². The topological polar surface area (TPSA) is 75.6 Å². The van der Waals surface area contributed by atoms with E-state index >= 15 is 0 Å². The average Bonchev–Trinajstić information content (AvgIpc) is 3.25. The summed E-state index contributed by atoms with van der Waals surface area (Å²) in [6, 6.07) is 9.38. The number of aromatic nitrogens is 4. The van der Waals surface area contributed by atoms with Crippen LogP contribution in [0, 0.1) is 0 Å². The number of aromatic amines is 1. The molecule has 0 spiro atoms. The van der Waals surface area contributed by atoms with Gasteiger partial charge in [-0.1, -0.05) is 19.1 Å². The fourth-order valence-corrected chi connectivity index (χ4v) is 2.35. The Hall–Kier alpha value is -2.89. The molecule has 0 aliphatic heterocycles. The van der Waals surface area contributed by atoms with E-state index < -0.39 is 0 Å². The van der Waals surface area contributed by atoms with Gasteiger partial charge >= 0.3 is 0 Å². The molecule has 2 heterocycles. The molecule has 2 aromatic heterocycles. The molecule has 3 rings (SSSR count). The van der Waals surface area contributed by atoms with Gasteiger partial charge in [0.1, 0.15) is 0 Å². The van der Waals surface area contributed by atoms with Crippen molar-refractivity contribution in [3.8, 4) is 11.1 Å². The monoisotopic (exact) mass is 309 g/mol. The second kappa shape index (κ2) is 6.91. The summed E-state index contributed by atoms with van der Waals surface area (Å²) in [5, 5.41) is 14.0. The quantitative estimate of drug-likeness (QED) is 0.735. The minimum Gasteiger partial charge on any atom is -0.346 e. The first kappa shape index (κ1) is 15.0. The second-order valence-corrected chi connectivity index (χ2v) is 5.32. The molecular formula is C17H19N5O. The van der Waals surface area contributed by atoms with E-state index in [1.54, 1.807) is 6.20 Å². The number of carbonyl (C=O) groups is 1. The number of hydrogen-bond donors (Lipinski definition) is 2. The summed E-state index contributed by atoms with van der Waals surface area (Å²) in [7, 11) is 0. The minimum absolute atomic E-state index is 0.103. The zero-order valence-corrected chi connectivity index (χ0v) is 13.0. The number of carbonyl (C=O) groups excluding carboxylic acids is 1. The van der Waals surface area contributed by atoms with Crippen molar-refractivity contribution < 1.29 is 4.79 Å². The molecule has 3 aromatic rings. The molecule has 0 unspecified atom stereocenters. The molecule has 0 saturated carbocycles. The van der Waals surface area contributed by atoms with Crippen LogP contribution in [0.3, 0.4) is 0 Å². The fraction of sp³-hybridized carbons (Fsp3) is 0.235. The number of amides is 1. The van der Waals surface area contributed by atoms with Crippen LogP contribution in [-0.2, 0) is 13.1 Å². The van der Waals surface area contributed by atoms with E-state index in [4.69, 9.17) is 0 Å². The maximum atomic E-state index is 12.2. The van der Waals surface area contributed by atoms with Crippen molar-refractivity contribution in [2.24, 2.45) is 0 Å². The first-order valence-electron chi connectivity index (χ1n) is 7.66. The number of nitrogens with one attached hydrogen (secondary N) is 2. The predicted molar refractivity (Wildman–Crippen MR) is 87.7 cm³/mol. The van der Waals surface area contributed by atoms with Crippen molar-refractivity contribution >= 4 is 5.91 Å². The van der Waals surface area contributed by atoms with Crippen LogP contribution >= 0.6 is 0 Å². The summed E-state index contributed by atoms with van der Waals surface area (Å²) in [5.41, 5.74) is 3.51. The van der Waals surface area contributed by atoms with Gasteiger partial charge in [-0.05, 0) is 30.2 Å². The van der Waals surface area contributed by atoms with Gasteiger partial charge in [0.15, 0.2) is 0 Å². The number of benzene rings is 1. The molecule has 6 heteroatoms. The molecule has 1 aromatic carbocycles. The molecule has 0 atom stereocenters. The van der Waals surface area contributed by atoms with Gasteiger partial charge in [-0.3, -0.25) is 14.6 Å². The van der Waals surface area contributed by atoms with Gasteiger partial charge in [0.05, 0.1) is 18.4 Å². The van der Waals surface area contributed by atoms with Crippen LogP contribution in [0.15, 0.2) is 48.9 Å². The molecular weight excluding hydrogens is 290 g/mol. The van der Waals surface area contributed by atoms with E-state index in [1.807, 2.05) is 47.4 Å². The van der Waals surface area contributed by atoms with E-state index in [0.717, 1.165) is 29.8 Å². The molecule has 1 amide bonds. The van der Waals surface area contributed by atoms with Crippen LogP contribution in [0.1, 0.15) is 29.4 Å². The SMILES string of the molecule is CCCn1ccc(CNC(=O)c2ccc(-c3cn[nH]c3)cc2)n1. The molecule has 0 radical (unpaired) electrons. The Bertz CT molecular complexity index is 759. The third-order valence-corrected chi connectivity index (χ3v) is 3.56. The molecule has 23 heavy (non-hydrogen) atoms. The molecule has 6 nitrogen and oxygen atoms in total. The van der Waals surface area contributed by atoms with Crippen LogP contribution < -0.4 is 5.32 Å². The van der Waals surface area contributed by atoms with Gasteiger partial charge in [0.2, 0.25) is 0 Å². The van der Waals surface area contributed by atoms with Gasteiger partial charge in [0, 0.05) is 30.1 Å². The van der Waals surface area contributed by atoms with Crippen molar-refractivity contribution in [1.82, 2.24) is 25.3 Å². The minimum atomic E-state index is -0.103. The third kappa shape index (κ3) is 3.66. The molecule has 0 fully saturated rings. The number of H-pyrrole nitrogens is 1. The number of aryl methyl sites for hydroxylation is 1. The maximum absolute atomic E-state index is 12.2. The third-order valence-electron chi connectivity index (χ3n) is 3.56. The van der Waals surface area contributed by atoms with Gasteiger partial charge in [-0.25, -0.2) is 0 Å². The Balaban J connectivity index is 1.59. The summed E-state index contributed by atoms with van der Waals surface area (Å²) in [6.07, 6.45) is 6.55. The highest BCUT2D eigenvalue weighted by Crippen LogP contribution is 2.17. The lowest BCUT2D eigenvalue weighted by Crippen LogP contribution is -2.23. The Labute approximate surface area is 134 Å². The Morgan fingerprint density at radius 2 is 2.04 bits per heavy atom. The van der Waals surface area contributed by atoms with E-state index in [-0.39, 0.29) is 5.91 Å². The largest absolute Gasteiger partial charge is 0.346 e. The summed E-state index contributed by atoms with van der Waals surface area (Å²) < 4.78 is 1.89. The highest BCUT2D eigenvalue weighted by molar-refractivity contribution is 5.94.